The lowest BCUT2D eigenvalue weighted by molar-refractivity contribution is -0.119. The first-order chi connectivity index (χ1) is 26.9. The van der Waals surface area contributed by atoms with Gasteiger partial charge in [0.1, 0.15) is 6.17 Å². The molecule has 5 rings (SSSR count). The first kappa shape index (κ1) is 46.2. The van der Waals surface area contributed by atoms with Crippen LogP contribution in [0.5, 0.6) is 0 Å². The second kappa shape index (κ2) is 24.5. The van der Waals surface area contributed by atoms with Crippen molar-refractivity contribution in [2.45, 2.75) is 78.1 Å². The quantitative estimate of drug-likeness (QED) is 0.0633. The van der Waals surface area contributed by atoms with Crippen molar-refractivity contribution < 1.29 is 23.6 Å². The van der Waals surface area contributed by atoms with Crippen molar-refractivity contribution in [2.24, 2.45) is 23.5 Å². The third-order valence-corrected chi connectivity index (χ3v) is 8.73. The molecule has 0 aliphatic carbocycles. The van der Waals surface area contributed by atoms with Gasteiger partial charge in [0.05, 0.1) is 28.5 Å². The fraction of sp³-hybridized carbons (Fsp3) is 0.474. The van der Waals surface area contributed by atoms with Crippen molar-refractivity contribution in [3.63, 3.8) is 0 Å². The number of carbonyl (C=O) groups excluding carboxylic acids is 4. The third-order valence-electron chi connectivity index (χ3n) is 8.73. The zero-order valence-electron chi connectivity index (χ0n) is 33.2. The van der Waals surface area contributed by atoms with Gasteiger partial charge in [0.2, 0.25) is 25.1 Å². The van der Waals surface area contributed by atoms with Gasteiger partial charge in [-0.3, -0.25) is 38.2 Å². The Hall–Kier alpha value is -5.91. The number of aliphatic imine (C=N–C) groups is 1. The number of carbonyl (C=O) groups is 4. The standard InChI is InChI=1S/C30H41N9O.C5H10FNO.C2H3NO2.CH3NO/c1-5-8-21(2)39-27-11-10-22(15-28(27)36(4)30(39)40)9-6-7-13-37-19-24(20-37)34-18-23(17-31)25-16-26(32-3)29-33-12-14-38(29)35-25;1-4(6)3-7-5(2)8;4-1-3-2-5;2-1-3/h10-12,14-18,21,24,32H,5-9,13,19-20,31H2,1-4H3;4H,3H2,1-2H3,(H,7,8);1-2H,(H,3,4,5);1H,(H2,2,3)/b23-17+,34-18?;;;. The Morgan fingerprint density at radius 3 is 2.36 bits per heavy atom. The van der Waals surface area contributed by atoms with Crippen LogP contribution in [0.15, 0.2) is 52.6 Å². The van der Waals surface area contributed by atoms with Crippen LogP contribution in [0.1, 0.15) is 70.7 Å². The van der Waals surface area contributed by atoms with E-state index in [4.69, 9.17) is 25.1 Å². The molecule has 18 heteroatoms. The first-order valence-corrected chi connectivity index (χ1v) is 18.5. The molecule has 1 saturated heterocycles. The van der Waals surface area contributed by atoms with Gasteiger partial charge < -0.3 is 27.4 Å². The Kier molecular flexibility index (Phi) is 20.2. The molecule has 1 aromatic carbocycles. The largest absolute Gasteiger partial charge is 0.404 e. The molecule has 1 aliphatic rings. The molecule has 0 saturated carbocycles. The van der Waals surface area contributed by atoms with E-state index >= 15 is 0 Å². The van der Waals surface area contributed by atoms with Crippen LogP contribution in [-0.4, -0.2) is 105 Å². The molecule has 1 fully saturated rings. The highest BCUT2D eigenvalue weighted by atomic mass is 19.1. The van der Waals surface area contributed by atoms with Crippen molar-refractivity contribution in [1.82, 2.24) is 39.3 Å². The van der Waals surface area contributed by atoms with Crippen LogP contribution in [0.25, 0.3) is 22.3 Å². The van der Waals surface area contributed by atoms with Crippen molar-refractivity contribution in [3.8, 4) is 0 Å². The molecule has 0 radical (unpaired) electrons. The van der Waals surface area contributed by atoms with Gasteiger partial charge in [-0.1, -0.05) is 19.4 Å². The van der Waals surface area contributed by atoms with Gasteiger partial charge in [-0.25, -0.2) is 18.7 Å². The third kappa shape index (κ3) is 14.1. The maximum atomic E-state index is 12.8. The molecular formula is C38H57FN12O5. The summed E-state index contributed by atoms with van der Waals surface area (Å²) >= 11 is 0. The number of allylic oxidation sites excluding steroid dienone is 1. The van der Waals surface area contributed by atoms with Gasteiger partial charge in [-0.15, -0.1) is 0 Å². The number of nitrogens with one attached hydrogen (secondary N) is 3. The predicted molar refractivity (Wildman–Crippen MR) is 218 cm³/mol. The zero-order chi connectivity index (χ0) is 41.6. The second-order valence-electron chi connectivity index (χ2n) is 13.1. The molecule has 2 unspecified atom stereocenters. The summed E-state index contributed by atoms with van der Waals surface area (Å²) < 4.78 is 17.3. The average molecular weight is 781 g/mol. The van der Waals surface area contributed by atoms with Crippen LogP contribution >= 0.6 is 0 Å². The number of alkyl halides is 1. The number of aryl methyl sites for hydroxylation is 2. The lowest BCUT2D eigenvalue weighted by Gasteiger charge is -2.36. The number of benzene rings is 1. The van der Waals surface area contributed by atoms with Crippen molar-refractivity contribution in [1.29, 1.82) is 0 Å². The van der Waals surface area contributed by atoms with Crippen LogP contribution in [0.4, 0.5) is 10.1 Å². The summed E-state index contributed by atoms with van der Waals surface area (Å²) in [6.45, 7) is 10.2. The number of imidazole rings is 2. The van der Waals surface area contributed by atoms with Crippen molar-refractivity contribution >= 4 is 59.3 Å². The fourth-order valence-corrected chi connectivity index (χ4v) is 5.96. The molecule has 0 bridgehead atoms. The Morgan fingerprint density at radius 2 is 1.80 bits per heavy atom. The number of aromatic nitrogens is 5. The second-order valence-corrected chi connectivity index (χ2v) is 13.1. The number of nitrogens with two attached hydrogens (primary N) is 2. The van der Waals surface area contributed by atoms with E-state index in [2.05, 4.69) is 63.4 Å². The van der Waals surface area contributed by atoms with Crippen LogP contribution in [0.2, 0.25) is 0 Å². The van der Waals surface area contributed by atoms with Gasteiger partial charge in [-0.05, 0) is 69.8 Å². The highest BCUT2D eigenvalue weighted by Crippen LogP contribution is 2.23. The Labute approximate surface area is 326 Å². The van der Waals surface area contributed by atoms with Crippen LogP contribution < -0.4 is 33.1 Å². The molecule has 0 spiro atoms. The number of nitrogens with zero attached hydrogens (tertiary/aromatic N) is 7. The van der Waals surface area contributed by atoms with Gasteiger partial charge in [-0.2, -0.15) is 5.10 Å². The lowest BCUT2D eigenvalue weighted by atomic mass is 10.1. The topological polar surface area (TPSA) is 229 Å². The van der Waals surface area contributed by atoms with E-state index in [1.165, 1.54) is 19.4 Å². The molecule has 1 aliphatic heterocycles. The number of amides is 4. The van der Waals surface area contributed by atoms with E-state index in [0.717, 1.165) is 85.4 Å². The van der Waals surface area contributed by atoms with Gasteiger partial charge in [0, 0.05) is 77.1 Å². The maximum absolute atomic E-state index is 12.8. The smallest absolute Gasteiger partial charge is 0.329 e. The van der Waals surface area contributed by atoms with E-state index in [0.29, 0.717) is 12.8 Å². The zero-order valence-corrected chi connectivity index (χ0v) is 33.2. The molecule has 306 valence electrons. The van der Waals surface area contributed by atoms with Crippen LogP contribution in [-0.2, 0) is 32.6 Å². The number of fused-ring (bicyclic) bond motifs is 2. The van der Waals surface area contributed by atoms with E-state index in [-0.39, 0.29) is 36.6 Å². The first-order valence-electron chi connectivity index (χ1n) is 18.5. The summed E-state index contributed by atoms with van der Waals surface area (Å²) in [4.78, 5) is 61.2. The molecule has 7 N–H and O–H groups in total. The number of imide groups is 1. The van der Waals surface area contributed by atoms with Gasteiger partial charge in [0.15, 0.2) is 5.65 Å². The molecule has 4 aromatic rings. The molecule has 4 amide bonds. The predicted octanol–water partition coefficient (Wildman–Crippen LogP) is 2.33. The summed E-state index contributed by atoms with van der Waals surface area (Å²) in [6, 6.07) is 8.94. The van der Waals surface area contributed by atoms with Gasteiger partial charge in [0.25, 0.3) is 0 Å². The minimum atomic E-state index is -0.945. The number of likely N-dealkylation sites (tertiary alicyclic amines) is 1. The number of halogens is 1. The van der Waals surface area contributed by atoms with Crippen LogP contribution in [0.3, 0.4) is 0 Å². The number of primary amides is 1. The fourth-order valence-electron chi connectivity index (χ4n) is 5.96. The van der Waals surface area contributed by atoms with E-state index in [1.54, 1.807) is 26.8 Å². The Balaban J connectivity index is 0.000000572. The summed E-state index contributed by atoms with van der Waals surface area (Å²) in [6.07, 6.45) is 12.2. The summed E-state index contributed by atoms with van der Waals surface area (Å²) in [5, 5.41) is 11.9. The molecule has 56 heavy (non-hydrogen) atoms. The Morgan fingerprint density at radius 1 is 1.11 bits per heavy atom. The molecule has 3 aromatic heterocycles. The van der Waals surface area contributed by atoms with E-state index < -0.39 is 6.17 Å². The minimum absolute atomic E-state index is 0.0791. The molecule has 2 atom stereocenters. The van der Waals surface area contributed by atoms with Gasteiger partial charge >= 0.3 is 5.69 Å². The molecular weight excluding hydrogens is 723 g/mol. The van der Waals surface area contributed by atoms with Crippen LogP contribution in [0, 0.1) is 0 Å². The summed E-state index contributed by atoms with van der Waals surface area (Å²) in [7, 11) is 3.75. The highest BCUT2D eigenvalue weighted by molar-refractivity contribution is 6.09. The number of hydrogen-bond donors (Lipinski definition) is 5. The minimum Gasteiger partial charge on any atom is -0.404 e. The normalized spacial score (nSPS) is 13.9. The number of rotatable bonds is 16. The van der Waals surface area contributed by atoms with Crippen molar-refractivity contribution in [3.05, 3.63) is 64.6 Å². The van der Waals surface area contributed by atoms with Crippen molar-refractivity contribution in [2.75, 3.05) is 38.5 Å². The SMILES string of the molecule is CC(=O)NCC(C)F.CCCC(C)n1c(=O)n(C)c2cc(CCCCN3CC(N=C/C(=C\N)c4cc(NC)c5nccn5n4)C3)ccc21.NC=O.O=CNC=O. The van der Waals surface area contributed by atoms with E-state index in [9.17, 15) is 14.0 Å². The summed E-state index contributed by atoms with van der Waals surface area (Å²) in [5.74, 6) is -0.186. The highest BCUT2D eigenvalue weighted by Gasteiger charge is 2.25. The lowest BCUT2D eigenvalue weighted by Crippen LogP contribution is -2.50. The number of hydrogen-bond acceptors (Lipinski definition) is 11. The molecule has 17 nitrogen and oxygen atoms in total. The summed E-state index contributed by atoms with van der Waals surface area (Å²) in [5.41, 5.74) is 16.7. The number of unbranched alkanes of at least 4 members (excludes halogenated alkanes) is 1. The Bertz CT molecular complexity index is 1960. The van der Waals surface area contributed by atoms with E-state index in [1.807, 2.05) is 37.1 Å². The monoisotopic (exact) mass is 780 g/mol. The number of anilines is 1. The maximum Gasteiger partial charge on any atom is 0.329 e. The average Bonchev–Trinajstić information content (AvgIpc) is 3.73. The molecule has 4 heterocycles.